The molecule has 0 bridgehead atoms. The van der Waals surface area contributed by atoms with Crippen molar-refractivity contribution in [3.63, 3.8) is 0 Å². The second-order valence-electron chi connectivity index (χ2n) is 4.19. The highest BCUT2D eigenvalue weighted by Crippen LogP contribution is 2.02. The van der Waals surface area contributed by atoms with E-state index in [-0.39, 0.29) is 0 Å². The van der Waals surface area contributed by atoms with Crippen molar-refractivity contribution in [1.82, 2.24) is 5.32 Å². The molecule has 0 aromatic rings. The molecule has 0 radical (unpaired) electrons. The summed E-state index contributed by atoms with van der Waals surface area (Å²) in [5.74, 6) is 2.77. The van der Waals surface area contributed by atoms with Crippen LogP contribution >= 0.6 is 11.8 Å². The minimum absolute atomic E-state index is 0.303. The normalized spacial score (nSPS) is 12.3. The third-order valence-corrected chi connectivity index (χ3v) is 4.07. The van der Waals surface area contributed by atoms with E-state index in [0.29, 0.717) is 11.7 Å². The van der Waals surface area contributed by atoms with Gasteiger partial charge in [-0.2, -0.15) is 11.8 Å². The van der Waals surface area contributed by atoms with E-state index in [1.165, 1.54) is 6.26 Å². The molecule has 0 amide bonds. The molecule has 0 heterocycles. The van der Waals surface area contributed by atoms with Crippen molar-refractivity contribution in [2.24, 2.45) is 5.92 Å². The van der Waals surface area contributed by atoms with Crippen molar-refractivity contribution in [3.05, 3.63) is 0 Å². The maximum Gasteiger partial charge on any atom is 0.148 e. The highest BCUT2D eigenvalue weighted by Gasteiger charge is 2.00. The van der Waals surface area contributed by atoms with E-state index in [1.54, 1.807) is 11.8 Å². The molecule has 0 aliphatic heterocycles. The van der Waals surface area contributed by atoms with Crippen molar-refractivity contribution in [3.8, 4) is 0 Å². The predicted octanol–water partition coefficient (Wildman–Crippen LogP) is 1.40. The van der Waals surface area contributed by atoms with Gasteiger partial charge in [0.2, 0.25) is 0 Å². The highest BCUT2D eigenvalue weighted by molar-refractivity contribution is 8.00. The van der Waals surface area contributed by atoms with Crippen molar-refractivity contribution in [1.29, 1.82) is 0 Å². The van der Waals surface area contributed by atoms with Gasteiger partial charge in [0, 0.05) is 12.0 Å². The van der Waals surface area contributed by atoms with E-state index in [2.05, 4.69) is 19.2 Å². The van der Waals surface area contributed by atoms with Gasteiger partial charge in [0.1, 0.15) is 9.84 Å². The van der Waals surface area contributed by atoms with Crippen LogP contribution < -0.4 is 5.32 Å². The Balaban J connectivity index is 3.12. The number of sulfone groups is 1. The molecular weight excluding hydrogens is 230 g/mol. The fourth-order valence-corrected chi connectivity index (χ4v) is 3.24. The quantitative estimate of drug-likeness (QED) is 0.631. The molecular formula is C10H23NO2S2. The molecule has 0 fully saturated rings. The highest BCUT2D eigenvalue weighted by atomic mass is 32.2. The number of hydrogen-bond donors (Lipinski definition) is 1. The summed E-state index contributed by atoms with van der Waals surface area (Å²) >= 11 is 1.72. The smallest absolute Gasteiger partial charge is 0.148 e. The summed E-state index contributed by atoms with van der Waals surface area (Å²) in [5, 5.41) is 3.36. The fraction of sp³-hybridized carbons (Fsp3) is 1.00. The SMILES string of the molecule is CC(C)CNCCCSCCS(C)(=O)=O. The van der Waals surface area contributed by atoms with Crippen LogP contribution in [0.4, 0.5) is 0 Å². The number of thioether (sulfide) groups is 1. The maximum absolute atomic E-state index is 10.8. The molecule has 0 rings (SSSR count). The Morgan fingerprint density at radius 1 is 1.27 bits per heavy atom. The van der Waals surface area contributed by atoms with Crippen LogP contribution in [-0.4, -0.2) is 45.0 Å². The minimum atomic E-state index is -2.77. The number of nitrogens with one attached hydrogen (secondary N) is 1. The van der Waals surface area contributed by atoms with E-state index < -0.39 is 9.84 Å². The lowest BCUT2D eigenvalue weighted by Crippen LogP contribution is -2.21. The van der Waals surface area contributed by atoms with E-state index in [9.17, 15) is 8.42 Å². The maximum atomic E-state index is 10.8. The van der Waals surface area contributed by atoms with Gasteiger partial charge in [-0.25, -0.2) is 8.42 Å². The molecule has 0 unspecified atom stereocenters. The Labute approximate surface area is 98.3 Å². The summed E-state index contributed by atoms with van der Waals surface area (Å²) < 4.78 is 21.6. The van der Waals surface area contributed by atoms with Crippen molar-refractivity contribution in [2.75, 3.05) is 36.6 Å². The first-order valence-electron chi connectivity index (χ1n) is 5.38. The van der Waals surface area contributed by atoms with Gasteiger partial charge >= 0.3 is 0 Å². The van der Waals surface area contributed by atoms with Crippen LogP contribution in [0.5, 0.6) is 0 Å². The predicted molar refractivity (Wildman–Crippen MR) is 69.4 cm³/mol. The van der Waals surface area contributed by atoms with Gasteiger partial charge in [-0.05, 0) is 31.2 Å². The van der Waals surface area contributed by atoms with Crippen molar-refractivity contribution in [2.45, 2.75) is 20.3 Å². The van der Waals surface area contributed by atoms with Gasteiger partial charge in [0.25, 0.3) is 0 Å². The summed E-state index contributed by atoms with van der Waals surface area (Å²) in [6.45, 7) is 6.47. The zero-order chi connectivity index (χ0) is 11.7. The molecule has 0 spiro atoms. The van der Waals surface area contributed by atoms with E-state index in [1.807, 2.05) is 0 Å². The third-order valence-electron chi connectivity index (χ3n) is 1.79. The second kappa shape index (κ2) is 8.42. The summed E-state index contributed by atoms with van der Waals surface area (Å²) in [4.78, 5) is 0. The summed E-state index contributed by atoms with van der Waals surface area (Å²) in [6, 6.07) is 0. The van der Waals surface area contributed by atoms with Gasteiger partial charge in [-0.15, -0.1) is 0 Å². The molecule has 0 aliphatic carbocycles. The average molecular weight is 253 g/mol. The first-order chi connectivity index (χ1) is 6.92. The topological polar surface area (TPSA) is 46.2 Å². The molecule has 0 atom stereocenters. The second-order valence-corrected chi connectivity index (χ2v) is 7.68. The lowest BCUT2D eigenvalue weighted by molar-refractivity contribution is 0.552. The van der Waals surface area contributed by atoms with Crippen LogP contribution in [0, 0.1) is 5.92 Å². The average Bonchev–Trinajstić information content (AvgIpc) is 2.07. The van der Waals surface area contributed by atoms with E-state index >= 15 is 0 Å². The molecule has 0 aromatic heterocycles. The zero-order valence-electron chi connectivity index (χ0n) is 9.95. The minimum Gasteiger partial charge on any atom is -0.316 e. The molecule has 92 valence electrons. The fourth-order valence-electron chi connectivity index (χ4n) is 1.00. The van der Waals surface area contributed by atoms with Crippen LogP contribution in [0.1, 0.15) is 20.3 Å². The summed E-state index contributed by atoms with van der Waals surface area (Å²) in [5.41, 5.74) is 0. The standard InChI is InChI=1S/C10H23NO2S2/c1-10(2)9-11-5-4-6-14-7-8-15(3,12)13/h10-11H,4-9H2,1-3H3. The Morgan fingerprint density at radius 3 is 2.47 bits per heavy atom. The van der Waals surface area contributed by atoms with Gasteiger partial charge < -0.3 is 5.32 Å². The Morgan fingerprint density at radius 2 is 1.93 bits per heavy atom. The lowest BCUT2D eigenvalue weighted by atomic mass is 10.2. The van der Waals surface area contributed by atoms with Gasteiger partial charge in [-0.1, -0.05) is 13.8 Å². The zero-order valence-corrected chi connectivity index (χ0v) is 11.6. The van der Waals surface area contributed by atoms with Crippen LogP contribution in [-0.2, 0) is 9.84 Å². The molecule has 3 nitrogen and oxygen atoms in total. The Hall–Kier alpha value is 0.260. The first-order valence-corrected chi connectivity index (χ1v) is 8.59. The molecule has 0 saturated carbocycles. The molecule has 0 aliphatic rings. The van der Waals surface area contributed by atoms with Crippen molar-refractivity contribution < 1.29 is 8.42 Å². The Bertz CT molecular complexity index is 238. The van der Waals surface area contributed by atoms with Gasteiger partial charge in [0.05, 0.1) is 5.75 Å². The molecule has 0 aromatic carbocycles. The van der Waals surface area contributed by atoms with Crippen LogP contribution in [0.25, 0.3) is 0 Å². The number of rotatable bonds is 9. The van der Waals surface area contributed by atoms with Crippen LogP contribution in [0.3, 0.4) is 0 Å². The Kier molecular flexibility index (Phi) is 8.56. The van der Waals surface area contributed by atoms with E-state index in [0.717, 1.165) is 31.0 Å². The molecule has 5 heteroatoms. The van der Waals surface area contributed by atoms with Gasteiger partial charge in [-0.3, -0.25) is 0 Å². The molecule has 1 N–H and O–H groups in total. The van der Waals surface area contributed by atoms with Gasteiger partial charge in [0.15, 0.2) is 0 Å². The van der Waals surface area contributed by atoms with Crippen LogP contribution in [0.2, 0.25) is 0 Å². The largest absolute Gasteiger partial charge is 0.316 e. The van der Waals surface area contributed by atoms with Crippen LogP contribution in [0.15, 0.2) is 0 Å². The van der Waals surface area contributed by atoms with Crippen molar-refractivity contribution >= 4 is 21.6 Å². The molecule has 15 heavy (non-hydrogen) atoms. The molecule has 0 saturated heterocycles. The van der Waals surface area contributed by atoms with E-state index in [4.69, 9.17) is 0 Å². The number of hydrogen-bond acceptors (Lipinski definition) is 4. The lowest BCUT2D eigenvalue weighted by Gasteiger charge is -2.06. The monoisotopic (exact) mass is 253 g/mol. The first kappa shape index (κ1) is 15.3. The third kappa shape index (κ3) is 14.3. The summed E-state index contributed by atoms with van der Waals surface area (Å²) in [6.07, 6.45) is 2.40. The summed E-state index contributed by atoms with van der Waals surface area (Å²) in [7, 11) is -2.77.